The van der Waals surface area contributed by atoms with Crippen molar-refractivity contribution in [3.05, 3.63) is 42.5 Å². The van der Waals surface area contributed by atoms with Gasteiger partial charge in [0.25, 0.3) is 0 Å². The van der Waals surface area contributed by atoms with E-state index in [0.29, 0.717) is 11.4 Å². The molecule has 1 aliphatic heterocycles. The molecular formula is C16H19NO3S. The molecule has 0 bridgehead atoms. The quantitative estimate of drug-likeness (QED) is 0.946. The lowest BCUT2D eigenvalue weighted by Gasteiger charge is -2.25. The van der Waals surface area contributed by atoms with E-state index >= 15 is 0 Å². The van der Waals surface area contributed by atoms with Gasteiger partial charge in [-0.1, -0.05) is 43.3 Å². The predicted octanol–water partition coefficient (Wildman–Crippen LogP) is 2.23. The van der Waals surface area contributed by atoms with E-state index < -0.39 is 10.0 Å². The topological polar surface area (TPSA) is 57.6 Å². The van der Waals surface area contributed by atoms with E-state index in [4.69, 9.17) is 0 Å². The second kappa shape index (κ2) is 5.40. The molecule has 1 fully saturated rings. The number of fused-ring (bicyclic) bond motifs is 1. The molecule has 2 aromatic rings. The van der Waals surface area contributed by atoms with Crippen LogP contribution in [-0.4, -0.2) is 37.0 Å². The fourth-order valence-corrected chi connectivity index (χ4v) is 5.03. The summed E-state index contributed by atoms with van der Waals surface area (Å²) in [5.74, 6) is 0.180. The molecule has 0 spiro atoms. The van der Waals surface area contributed by atoms with Crippen molar-refractivity contribution in [2.75, 3.05) is 13.2 Å². The first-order valence-electron chi connectivity index (χ1n) is 7.16. The van der Waals surface area contributed by atoms with E-state index in [1.54, 1.807) is 12.1 Å². The van der Waals surface area contributed by atoms with Crippen LogP contribution in [0, 0.1) is 5.92 Å². The Hall–Kier alpha value is -1.43. The Bertz CT molecular complexity index is 752. The van der Waals surface area contributed by atoms with Gasteiger partial charge in [-0.05, 0) is 23.8 Å². The maximum atomic E-state index is 13.0. The third-order valence-corrected chi connectivity index (χ3v) is 6.34. The van der Waals surface area contributed by atoms with Gasteiger partial charge < -0.3 is 5.11 Å². The van der Waals surface area contributed by atoms with Crippen molar-refractivity contribution in [1.82, 2.24) is 4.31 Å². The largest absolute Gasteiger partial charge is 0.395 e. The molecule has 0 saturated carbocycles. The molecule has 1 N–H and O–H groups in total. The van der Waals surface area contributed by atoms with Gasteiger partial charge in [-0.3, -0.25) is 0 Å². The predicted molar refractivity (Wildman–Crippen MR) is 82.5 cm³/mol. The summed E-state index contributed by atoms with van der Waals surface area (Å²) in [6, 6.07) is 12.5. The van der Waals surface area contributed by atoms with Crippen molar-refractivity contribution in [2.24, 2.45) is 5.92 Å². The summed E-state index contributed by atoms with van der Waals surface area (Å²) in [5.41, 5.74) is 0. The van der Waals surface area contributed by atoms with Crippen LogP contribution in [0.15, 0.2) is 47.4 Å². The van der Waals surface area contributed by atoms with Crippen molar-refractivity contribution in [1.29, 1.82) is 0 Å². The van der Waals surface area contributed by atoms with Crippen LogP contribution in [0.3, 0.4) is 0 Å². The molecule has 4 nitrogen and oxygen atoms in total. The molecule has 2 unspecified atom stereocenters. The SMILES string of the molecule is CC1CCN(S(=O)(=O)c2cccc3ccccc23)C1CO. The van der Waals surface area contributed by atoms with Gasteiger partial charge in [-0.25, -0.2) is 8.42 Å². The van der Waals surface area contributed by atoms with E-state index in [2.05, 4.69) is 0 Å². The van der Waals surface area contributed by atoms with E-state index in [0.717, 1.165) is 17.2 Å². The Morgan fingerprint density at radius 1 is 1.19 bits per heavy atom. The highest BCUT2D eigenvalue weighted by Crippen LogP contribution is 2.32. The Balaban J connectivity index is 2.13. The maximum absolute atomic E-state index is 13.0. The van der Waals surface area contributed by atoms with E-state index in [-0.39, 0.29) is 18.6 Å². The first-order chi connectivity index (χ1) is 10.1. The first kappa shape index (κ1) is 14.5. The van der Waals surface area contributed by atoms with Gasteiger partial charge in [0.05, 0.1) is 17.5 Å². The minimum absolute atomic E-state index is 0.134. The van der Waals surface area contributed by atoms with Crippen molar-refractivity contribution in [3.8, 4) is 0 Å². The lowest BCUT2D eigenvalue weighted by Crippen LogP contribution is -2.39. The van der Waals surface area contributed by atoms with Crippen LogP contribution in [0.2, 0.25) is 0 Å². The summed E-state index contributed by atoms with van der Waals surface area (Å²) in [4.78, 5) is 0.327. The third kappa shape index (κ3) is 2.35. The summed E-state index contributed by atoms with van der Waals surface area (Å²) in [5, 5.41) is 11.2. The van der Waals surface area contributed by atoms with Gasteiger partial charge in [0, 0.05) is 11.9 Å². The Morgan fingerprint density at radius 3 is 2.67 bits per heavy atom. The zero-order valence-electron chi connectivity index (χ0n) is 11.9. The molecule has 5 heteroatoms. The van der Waals surface area contributed by atoms with Crippen molar-refractivity contribution < 1.29 is 13.5 Å². The second-order valence-electron chi connectivity index (χ2n) is 5.61. The van der Waals surface area contributed by atoms with Crippen LogP contribution in [0.1, 0.15) is 13.3 Å². The second-order valence-corrected chi connectivity index (χ2v) is 7.47. The van der Waals surface area contributed by atoms with Crippen molar-refractivity contribution in [3.63, 3.8) is 0 Å². The van der Waals surface area contributed by atoms with Gasteiger partial charge >= 0.3 is 0 Å². The fraction of sp³-hybridized carbons (Fsp3) is 0.375. The number of rotatable bonds is 3. The van der Waals surface area contributed by atoms with E-state index in [1.807, 2.05) is 37.3 Å². The molecule has 21 heavy (non-hydrogen) atoms. The third-order valence-electron chi connectivity index (χ3n) is 4.35. The highest BCUT2D eigenvalue weighted by atomic mass is 32.2. The van der Waals surface area contributed by atoms with Crippen LogP contribution in [0.25, 0.3) is 10.8 Å². The highest BCUT2D eigenvalue weighted by molar-refractivity contribution is 7.89. The maximum Gasteiger partial charge on any atom is 0.244 e. The molecule has 1 heterocycles. The number of hydrogen-bond donors (Lipinski definition) is 1. The van der Waals surface area contributed by atoms with E-state index in [1.165, 1.54) is 4.31 Å². The van der Waals surface area contributed by atoms with Crippen LogP contribution in [0.4, 0.5) is 0 Å². The summed E-state index contributed by atoms with van der Waals surface area (Å²) in [6.07, 6.45) is 0.787. The van der Waals surface area contributed by atoms with Crippen molar-refractivity contribution >= 4 is 20.8 Å². The number of aliphatic hydroxyl groups excluding tert-OH is 1. The monoisotopic (exact) mass is 305 g/mol. The molecule has 1 saturated heterocycles. The molecule has 112 valence electrons. The van der Waals surface area contributed by atoms with Crippen LogP contribution in [0.5, 0.6) is 0 Å². The standard InChI is InChI=1S/C16H19NO3S/c1-12-9-10-17(15(12)11-18)21(19,20)16-8-4-6-13-5-2-3-7-14(13)16/h2-8,12,15,18H,9-11H2,1H3. The summed E-state index contributed by atoms with van der Waals surface area (Å²) >= 11 is 0. The zero-order valence-corrected chi connectivity index (χ0v) is 12.8. The number of benzene rings is 2. The van der Waals surface area contributed by atoms with Gasteiger partial charge in [-0.15, -0.1) is 0 Å². The normalized spacial score (nSPS) is 23.7. The summed E-state index contributed by atoms with van der Waals surface area (Å²) in [6.45, 7) is 2.32. The number of hydrogen-bond acceptors (Lipinski definition) is 3. The van der Waals surface area contributed by atoms with E-state index in [9.17, 15) is 13.5 Å². The molecule has 2 aromatic carbocycles. The fourth-order valence-electron chi connectivity index (χ4n) is 3.09. The highest BCUT2D eigenvalue weighted by Gasteiger charge is 2.39. The minimum atomic E-state index is -3.59. The molecule has 0 aromatic heterocycles. The number of sulfonamides is 1. The summed E-state index contributed by atoms with van der Waals surface area (Å²) in [7, 11) is -3.59. The van der Waals surface area contributed by atoms with Crippen LogP contribution >= 0.6 is 0 Å². The minimum Gasteiger partial charge on any atom is -0.395 e. The Morgan fingerprint density at radius 2 is 1.90 bits per heavy atom. The van der Waals surface area contributed by atoms with Crippen LogP contribution in [-0.2, 0) is 10.0 Å². The Labute approximate surface area is 125 Å². The first-order valence-corrected chi connectivity index (χ1v) is 8.60. The number of nitrogens with zero attached hydrogens (tertiary/aromatic N) is 1. The summed E-state index contributed by atoms with van der Waals surface area (Å²) < 4.78 is 27.4. The average molecular weight is 305 g/mol. The van der Waals surface area contributed by atoms with Gasteiger partial charge in [-0.2, -0.15) is 4.31 Å². The van der Waals surface area contributed by atoms with Gasteiger partial charge in [0.2, 0.25) is 10.0 Å². The lowest BCUT2D eigenvalue weighted by atomic mass is 10.0. The molecule has 2 atom stereocenters. The molecular weight excluding hydrogens is 286 g/mol. The van der Waals surface area contributed by atoms with Crippen LogP contribution < -0.4 is 0 Å². The van der Waals surface area contributed by atoms with Gasteiger partial charge in [0.1, 0.15) is 0 Å². The smallest absolute Gasteiger partial charge is 0.244 e. The molecule has 0 amide bonds. The molecule has 0 radical (unpaired) electrons. The average Bonchev–Trinajstić information content (AvgIpc) is 2.88. The van der Waals surface area contributed by atoms with Crippen molar-refractivity contribution in [2.45, 2.75) is 24.3 Å². The molecule has 3 rings (SSSR count). The molecule has 1 aliphatic rings. The molecule has 0 aliphatic carbocycles. The Kier molecular flexibility index (Phi) is 3.73. The van der Waals surface area contributed by atoms with Gasteiger partial charge in [0.15, 0.2) is 0 Å². The lowest BCUT2D eigenvalue weighted by molar-refractivity contribution is 0.191. The number of aliphatic hydroxyl groups is 1. The zero-order chi connectivity index (χ0) is 15.0.